The highest BCUT2D eigenvalue weighted by molar-refractivity contribution is 8.01. The van der Waals surface area contributed by atoms with Crippen molar-refractivity contribution in [2.24, 2.45) is 5.92 Å². The van der Waals surface area contributed by atoms with Crippen LogP contribution in [0.25, 0.3) is 22.3 Å². The van der Waals surface area contributed by atoms with E-state index in [1.807, 2.05) is 13.8 Å². The number of hydrogen-bond donors (Lipinski definition) is 8. The van der Waals surface area contributed by atoms with Crippen molar-refractivity contribution in [2.75, 3.05) is 33.0 Å². The molecule has 0 spiro atoms. The molecule has 5 heterocycles. The third kappa shape index (κ3) is 12.3. The fraction of sp³-hybridized carbons (Fsp3) is 0.549. The van der Waals surface area contributed by atoms with E-state index < -0.39 is 96.3 Å². The predicted molar refractivity (Wildman–Crippen MR) is 272 cm³/mol. The maximum atomic E-state index is 15.3. The van der Waals surface area contributed by atoms with Gasteiger partial charge in [-0.25, -0.2) is 9.37 Å². The number of hydrogen-bond acceptors (Lipinski definition) is 15. The molecule has 2 aromatic heterocycles. The average Bonchev–Trinajstić information content (AvgIpc) is 3.85. The topological polar surface area (TPSA) is 309 Å². The number of unbranched alkanes of at least 4 members (excludes halogenated alkanes) is 2. The van der Waals surface area contributed by atoms with Crippen LogP contribution >= 0.6 is 11.8 Å². The minimum Gasteiger partial charge on any atom is -0.474 e. The van der Waals surface area contributed by atoms with E-state index in [1.165, 1.54) is 41.1 Å². The number of nitrogens with one attached hydrogen (secondary N) is 7. The molecule has 3 aromatic rings. The minimum absolute atomic E-state index is 0.0826. The van der Waals surface area contributed by atoms with E-state index in [1.54, 1.807) is 26.8 Å². The van der Waals surface area contributed by atoms with Crippen LogP contribution in [0.4, 0.5) is 4.39 Å². The van der Waals surface area contributed by atoms with Gasteiger partial charge in [0.1, 0.15) is 37.8 Å². The van der Waals surface area contributed by atoms with Gasteiger partial charge in [-0.2, -0.15) is 0 Å². The van der Waals surface area contributed by atoms with Crippen molar-refractivity contribution < 1.29 is 57.3 Å². The smallest absolute Gasteiger partial charge is 0.258 e. The molecular weight excluding hydrogens is 996 g/mol. The number of ether oxygens (including phenoxy) is 2. The molecule has 8 N–H and O–H groups in total. The van der Waals surface area contributed by atoms with Crippen molar-refractivity contribution in [3.63, 3.8) is 0 Å². The van der Waals surface area contributed by atoms with E-state index in [-0.39, 0.29) is 71.9 Å². The number of likely N-dealkylation sites (tertiary alicyclic amines) is 1. The van der Waals surface area contributed by atoms with Gasteiger partial charge in [-0.15, -0.1) is 11.8 Å². The summed E-state index contributed by atoms with van der Waals surface area (Å²) in [6.07, 6.45) is 2.75. The van der Waals surface area contributed by atoms with Gasteiger partial charge in [-0.3, -0.25) is 53.5 Å². The highest BCUT2D eigenvalue weighted by Gasteiger charge is 2.42. The standard InChI is InChI=1S/C51H65FN10O12S/c1-24(2)44(60-39(65)19-55-38(64)18-54-37(63)11-9-8-10-14-61-41(67)17-36(49(61)71)75-25(3)4)47(69)57-27(6)46(68)56-23-73-22-40(66)58-33-13-12-28-26(5)32(52)16-34-42(28)43(33)29-20-62-35(45(29)59-34)15-31-30(48(62)70)21-74-50(53)51(31,7)72/h15-16,24-25,27,33,36,44,53,72H,8-14,17-23H2,1-7H3,(H,54,63)(H,55,64)(H,56,68)(H,57,69)(H,58,66)(H,60,65)/t27-,33-,36?,44-,51-/m0/s1. The Morgan fingerprint density at radius 3 is 2.37 bits per heavy atom. The molecule has 8 amide bonds. The number of carbonyl (C=O) groups excluding carboxylic acids is 8. The zero-order valence-corrected chi connectivity index (χ0v) is 43.9. The van der Waals surface area contributed by atoms with E-state index in [4.69, 9.17) is 19.9 Å². The molecule has 1 aliphatic carbocycles. The average molecular weight is 1060 g/mol. The number of rotatable bonds is 22. The third-order valence-corrected chi connectivity index (χ3v) is 15.1. The highest BCUT2D eigenvalue weighted by atomic mass is 32.2. The second kappa shape index (κ2) is 23.4. The molecule has 7 rings (SSSR count). The van der Waals surface area contributed by atoms with Gasteiger partial charge in [0, 0.05) is 42.0 Å². The second-order valence-electron chi connectivity index (χ2n) is 20.0. The van der Waals surface area contributed by atoms with Crippen LogP contribution in [0, 0.1) is 24.1 Å². The van der Waals surface area contributed by atoms with Crippen molar-refractivity contribution in [1.29, 1.82) is 5.41 Å². The Morgan fingerprint density at radius 1 is 0.933 bits per heavy atom. The molecule has 0 saturated carbocycles. The largest absolute Gasteiger partial charge is 0.474 e. The lowest BCUT2D eigenvalue weighted by Crippen LogP contribution is -2.56. The van der Waals surface area contributed by atoms with E-state index in [0.29, 0.717) is 77.6 Å². The SMILES string of the molecule is Cc1c(F)cc2nc3c(c4c2c1CC[C@@H]4NC(=O)COCNC(=O)[C@H](C)NC(=O)[C@@H](NC(=O)CNC(=O)CNC(=O)CCCCCN1C(=O)CC(SC(C)C)C1=O)C(C)C)Cn1c-3cc2c(c1=O)COC(=N)[C@@]2(C)O. The number of imide groups is 1. The third-order valence-electron chi connectivity index (χ3n) is 13.8. The maximum absolute atomic E-state index is 15.3. The van der Waals surface area contributed by atoms with Crippen LogP contribution in [-0.4, -0.2) is 128 Å². The van der Waals surface area contributed by atoms with E-state index in [9.17, 15) is 48.3 Å². The van der Waals surface area contributed by atoms with Crippen molar-refractivity contribution >= 4 is 75.8 Å². The normalized spacial score (nSPS) is 19.2. The number of carbonyl (C=O) groups is 8. The molecule has 1 saturated heterocycles. The summed E-state index contributed by atoms with van der Waals surface area (Å²) in [5.74, 6) is -5.22. The molecule has 4 aliphatic rings. The van der Waals surface area contributed by atoms with Crippen LogP contribution in [0.5, 0.6) is 0 Å². The van der Waals surface area contributed by atoms with Crippen LogP contribution in [-0.2, 0) is 73.0 Å². The van der Waals surface area contributed by atoms with Crippen molar-refractivity contribution in [1.82, 2.24) is 46.4 Å². The van der Waals surface area contributed by atoms with Gasteiger partial charge in [0.05, 0.1) is 53.4 Å². The number of aryl methyl sites for hydroxylation is 1. The number of benzene rings is 1. The summed E-state index contributed by atoms with van der Waals surface area (Å²) >= 11 is 1.48. The van der Waals surface area contributed by atoms with E-state index in [2.05, 4.69) is 31.9 Å². The molecule has 5 atom stereocenters. The Hall–Kier alpha value is -6.79. The number of thioether (sulfide) groups is 1. The highest BCUT2D eigenvalue weighted by Crippen LogP contribution is 2.45. The summed E-state index contributed by atoms with van der Waals surface area (Å²) in [4.78, 5) is 122. The second-order valence-corrected chi connectivity index (χ2v) is 21.8. The first kappa shape index (κ1) is 55.9. The van der Waals surface area contributed by atoms with Gasteiger partial charge in [-0.1, -0.05) is 34.1 Å². The van der Waals surface area contributed by atoms with Crippen molar-refractivity contribution in [3.05, 3.63) is 61.7 Å². The van der Waals surface area contributed by atoms with Gasteiger partial charge in [-0.05, 0) is 80.4 Å². The molecule has 1 aromatic carbocycles. The van der Waals surface area contributed by atoms with Gasteiger partial charge in [0.25, 0.3) is 5.56 Å². The lowest BCUT2D eigenvalue weighted by Gasteiger charge is -2.31. The number of fused-ring (bicyclic) bond motifs is 5. The van der Waals surface area contributed by atoms with Crippen LogP contribution in [0.1, 0.15) is 119 Å². The van der Waals surface area contributed by atoms with Crippen LogP contribution < -0.4 is 37.5 Å². The number of aliphatic hydroxyl groups is 1. The number of halogens is 1. The number of aromatic nitrogens is 2. The van der Waals surface area contributed by atoms with E-state index >= 15 is 4.39 Å². The molecule has 75 heavy (non-hydrogen) atoms. The van der Waals surface area contributed by atoms with E-state index in [0.717, 1.165) is 5.56 Å². The summed E-state index contributed by atoms with van der Waals surface area (Å²) in [7, 11) is 0. The zero-order chi connectivity index (χ0) is 54.6. The Labute approximate surface area is 436 Å². The molecule has 1 unspecified atom stereocenters. The van der Waals surface area contributed by atoms with Crippen LogP contribution in [0.15, 0.2) is 16.9 Å². The molecule has 1 fully saturated rings. The van der Waals surface area contributed by atoms with Crippen LogP contribution in [0.2, 0.25) is 0 Å². The molecule has 22 nitrogen and oxygen atoms in total. The van der Waals surface area contributed by atoms with Gasteiger partial charge >= 0.3 is 0 Å². The van der Waals surface area contributed by atoms with Crippen molar-refractivity contribution in [3.8, 4) is 11.4 Å². The zero-order valence-electron chi connectivity index (χ0n) is 43.1. The lowest BCUT2D eigenvalue weighted by atomic mass is 9.81. The quantitative estimate of drug-likeness (QED) is 0.0314. The Kier molecular flexibility index (Phi) is 17.5. The van der Waals surface area contributed by atoms with Gasteiger partial charge in [0.15, 0.2) is 5.60 Å². The fourth-order valence-electron chi connectivity index (χ4n) is 9.82. The summed E-state index contributed by atoms with van der Waals surface area (Å²) in [6, 6.07) is 0.141. The number of pyridine rings is 2. The molecule has 24 heteroatoms. The molecule has 404 valence electrons. The number of nitrogens with zero attached hydrogens (tertiary/aromatic N) is 3. The summed E-state index contributed by atoms with van der Waals surface area (Å²) < 4.78 is 27.7. The Balaban J connectivity index is 0.834. The minimum atomic E-state index is -1.87. The monoisotopic (exact) mass is 1060 g/mol. The Morgan fingerprint density at radius 2 is 1.65 bits per heavy atom. The first-order chi connectivity index (χ1) is 35.5. The lowest BCUT2D eigenvalue weighted by molar-refractivity contribution is -0.138. The number of amides is 8. The molecule has 3 aliphatic heterocycles. The summed E-state index contributed by atoms with van der Waals surface area (Å²) in [5.41, 5.74) is 1.73. The Bertz CT molecular complexity index is 2910. The molecular formula is C51H65FN10O12S. The predicted octanol–water partition coefficient (Wildman–Crippen LogP) is 1.49. The summed E-state index contributed by atoms with van der Waals surface area (Å²) in [6.45, 7) is 10.2. The fourth-order valence-corrected chi connectivity index (χ4v) is 11.0. The first-order valence-corrected chi connectivity index (χ1v) is 26.1. The van der Waals surface area contributed by atoms with Crippen molar-refractivity contribution in [2.45, 2.75) is 141 Å². The molecule has 0 bridgehead atoms. The molecule has 0 radical (unpaired) electrons. The van der Waals surface area contributed by atoms with Gasteiger partial charge < -0.3 is 51.0 Å². The summed E-state index contributed by atoms with van der Waals surface area (Å²) in [5, 5.41) is 35.4. The maximum Gasteiger partial charge on any atom is 0.258 e. The first-order valence-electron chi connectivity index (χ1n) is 25.1. The van der Waals surface area contributed by atoms with Gasteiger partial charge in [0.2, 0.25) is 53.2 Å². The van der Waals surface area contributed by atoms with Crippen LogP contribution in [0.3, 0.4) is 0 Å².